The fourth-order valence-corrected chi connectivity index (χ4v) is 4.62. The van der Waals surface area contributed by atoms with Crippen LogP contribution in [0.5, 0.6) is 0 Å². The smallest absolute Gasteiger partial charge is 0.243 e. The van der Waals surface area contributed by atoms with Gasteiger partial charge in [0.15, 0.2) is 0 Å². The summed E-state index contributed by atoms with van der Waals surface area (Å²) in [5.74, 6) is -0.673. The van der Waals surface area contributed by atoms with Gasteiger partial charge in [0.1, 0.15) is 0 Å². The van der Waals surface area contributed by atoms with E-state index in [1.165, 1.54) is 4.31 Å². The number of fused-ring (bicyclic) bond motifs is 1. The van der Waals surface area contributed by atoms with Crippen molar-refractivity contribution in [1.29, 1.82) is 0 Å². The van der Waals surface area contributed by atoms with Gasteiger partial charge < -0.3 is 10.2 Å². The molecule has 142 valence electrons. The quantitative estimate of drug-likeness (QED) is 0.746. The molecule has 8 nitrogen and oxygen atoms in total. The van der Waals surface area contributed by atoms with Crippen molar-refractivity contribution in [1.82, 2.24) is 19.5 Å². The molecular formula is C18H20N4O4S. The molecule has 1 N–H and O–H groups in total. The van der Waals surface area contributed by atoms with Crippen molar-refractivity contribution in [3.63, 3.8) is 0 Å². The van der Waals surface area contributed by atoms with Crippen LogP contribution in [0.15, 0.2) is 54.2 Å². The summed E-state index contributed by atoms with van der Waals surface area (Å²) in [6.07, 6.45) is 4.29. The summed E-state index contributed by atoms with van der Waals surface area (Å²) in [7, 11) is -3.68. The first kappa shape index (κ1) is 19.0. The summed E-state index contributed by atoms with van der Waals surface area (Å²) in [5.41, 5.74) is 0. The second-order valence-corrected chi connectivity index (χ2v) is 7.97. The molecule has 0 aliphatic carbocycles. The monoisotopic (exact) mass is 388 g/mol. The number of nitrogens with zero attached hydrogens (tertiary/aromatic N) is 3. The highest BCUT2D eigenvalue weighted by Gasteiger charge is 2.31. The fraction of sp³-hybridized carbons (Fsp3) is 0.278. The molecule has 1 aliphatic heterocycles. The maximum atomic E-state index is 13.1. The Bertz CT molecular complexity index is 977. The van der Waals surface area contributed by atoms with Gasteiger partial charge in [-0.1, -0.05) is 18.7 Å². The Hall–Kier alpha value is -2.78. The van der Waals surface area contributed by atoms with Gasteiger partial charge in [-0.05, 0) is 18.2 Å². The third-order valence-electron chi connectivity index (χ3n) is 4.45. The van der Waals surface area contributed by atoms with Crippen molar-refractivity contribution in [2.75, 3.05) is 32.7 Å². The van der Waals surface area contributed by atoms with Crippen molar-refractivity contribution in [3.8, 4) is 0 Å². The lowest BCUT2D eigenvalue weighted by atomic mass is 10.2. The molecule has 1 aromatic carbocycles. The lowest BCUT2D eigenvalue weighted by Crippen LogP contribution is -2.52. The van der Waals surface area contributed by atoms with E-state index in [0.717, 1.165) is 11.5 Å². The number of hydrogen-bond acceptors (Lipinski definition) is 5. The van der Waals surface area contributed by atoms with E-state index in [0.29, 0.717) is 5.39 Å². The molecule has 1 aliphatic rings. The van der Waals surface area contributed by atoms with Crippen LogP contribution in [-0.2, 0) is 19.6 Å². The minimum Gasteiger partial charge on any atom is -0.343 e. The van der Waals surface area contributed by atoms with Crippen molar-refractivity contribution >= 4 is 32.6 Å². The molecule has 2 heterocycles. The number of hydrogen-bond donors (Lipinski definition) is 1. The van der Waals surface area contributed by atoms with Gasteiger partial charge in [-0.2, -0.15) is 4.31 Å². The molecule has 1 aromatic heterocycles. The standard InChI is InChI=1S/C18H20N4O4S/c1-2-17(23)20-13-18(24)21-8-10-22(11-9-21)27(25,26)16-5-3-4-14-12-19-7-6-15(14)16/h2-7,12H,1,8-11,13H2,(H,20,23). The molecule has 0 radical (unpaired) electrons. The largest absolute Gasteiger partial charge is 0.343 e. The number of nitrogens with one attached hydrogen (secondary N) is 1. The molecule has 9 heteroatoms. The molecule has 0 atom stereocenters. The Morgan fingerprint density at radius 3 is 2.63 bits per heavy atom. The molecule has 0 spiro atoms. The Balaban J connectivity index is 1.70. The van der Waals surface area contributed by atoms with Crippen LogP contribution in [0, 0.1) is 0 Å². The van der Waals surface area contributed by atoms with Gasteiger partial charge in [-0.15, -0.1) is 0 Å². The predicted molar refractivity (Wildman–Crippen MR) is 100 cm³/mol. The van der Waals surface area contributed by atoms with Gasteiger partial charge in [-0.3, -0.25) is 14.6 Å². The van der Waals surface area contributed by atoms with Crippen LogP contribution in [0.3, 0.4) is 0 Å². The normalized spacial score (nSPS) is 15.5. The molecule has 0 saturated carbocycles. The van der Waals surface area contributed by atoms with Crippen molar-refractivity contribution in [3.05, 3.63) is 49.3 Å². The second kappa shape index (κ2) is 7.85. The highest BCUT2D eigenvalue weighted by Crippen LogP contribution is 2.25. The molecule has 2 amide bonds. The molecule has 0 unspecified atom stereocenters. The number of benzene rings is 1. The summed E-state index contributed by atoms with van der Waals surface area (Å²) in [5, 5.41) is 3.81. The van der Waals surface area contributed by atoms with Gasteiger partial charge in [0.2, 0.25) is 21.8 Å². The molecule has 1 fully saturated rings. The average Bonchev–Trinajstić information content (AvgIpc) is 2.71. The van der Waals surface area contributed by atoms with Crippen LogP contribution in [0.25, 0.3) is 10.8 Å². The third-order valence-corrected chi connectivity index (χ3v) is 6.41. The van der Waals surface area contributed by atoms with Crippen LogP contribution < -0.4 is 5.32 Å². The number of carbonyl (C=O) groups excluding carboxylic acids is 2. The SMILES string of the molecule is C=CC(=O)NCC(=O)N1CCN(S(=O)(=O)c2cccc3cnccc23)CC1. The summed E-state index contributed by atoms with van der Waals surface area (Å²) < 4.78 is 27.5. The highest BCUT2D eigenvalue weighted by atomic mass is 32.2. The van der Waals surface area contributed by atoms with Crippen molar-refractivity contribution in [2.45, 2.75) is 4.90 Å². The van der Waals surface area contributed by atoms with E-state index in [-0.39, 0.29) is 43.5 Å². The average molecular weight is 388 g/mol. The summed E-state index contributed by atoms with van der Waals surface area (Å²) in [4.78, 5) is 29.1. The molecule has 2 aromatic rings. The van der Waals surface area contributed by atoms with Crippen LogP contribution in [-0.4, -0.2) is 67.1 Å². The zero-order valence-electron chi connectivity index (χ0n) is 14.7. The second-order valence-electron chi connectivity index (χ2n) is 6.06. The van der Waals surface area contributed by atoms with Gasteiger partial charge in [0.25, 0.3) is 0 Å². The number of aromatic nitrogens is 1. The van der Waals surface area contributed by atoms with Crippen LogP contribution in [0.1, 0.15) is 0 Å². The summed E-state index contributed by atoms with van der Waals surface area (Å²) >= 11 is 0. The number of amides is 2. The number of piperazine rings is 1. The van der Waals surface area contributed by atoms with Crippen LogP contribution >= 0.6 is 0 Å². The van der Waals surface area contributed by atoms with E-state index in [1.54, 1.807) is 35.5 Å². The lowest BCUT2D eigenvalue weighted by molar-refractivity contribution is -0.133. The number of pyridine rings is 1. The maximum Gasteiger partial charge on any atom is 0.243 e. The van der Waals surface area contributed by atoms with E-state index in [1.807, 2.05) is 6.07 Å². The zero-order chi connectivity index (χ0) is 19.4. The van der Waals surface area contributed by atoms with Gasteiger partial charge >= 0.3 is 0 Å². The van der Waals surface area contributed by atoms with Gasteiger partial charge in [-0.25, -0.2) is 8.42 Å². The molecule has 27 heavy (non-hydrogen) atoms. The lowest BCUT2D eigenvalue weighted by Gasteiger charge is -2.34. The first-order valence-electron chi connectivity index (χ1n) is 8.44. The topological polar surface area (TPSA) is 99.7 Å². The number of rotatable bonds is 5. The molecular weight excluding hydrogens is 368 g/mol. The Morgan fingerprint density at radius 2 is 1.93 bits per heavy atom. The summed E-state index contributed by atoms with van der Waals surface area (Å²) in [6, 6.07) is 6.78. The van der Waals surface area contributed by atoms with Crippen LogP contribution in [0.2, 0.25) is 0 Å². The first-order valence-corrected chi connectivity index (χ1v) is 9.88. The van der Waals surface area contributed by atoms with E-state index in [4.69, 9.17) is 0 Å². The molecule has 0 bridgehead atoms. The van der Waals surface area contributed by atoms with E-state index in [2.05, 4.69) is 16.9 Å². The molecule has 1 saturated heterocycles. The number of sulfonamides is 1. The first-order chi connectivity index (χ1) is 12.9. The van der Waals surface area contributed by atoms with E-state index < -0.39 is 15.9 Å². The molecule has 3 rings (SSSR count). The minimum absolute atomic E-state index is 0.131. The van der Waals surface area contributed by atoms with Gasteiger partial charge in [0, 0.05) is 49.3 Å². The van der Waals surface area contributed by atoms with Crippen molar-refractivity contribution in [2.24, 2.45) is 0 Å². The third kappa shape index (κ3) is 3.99. The maximum absolute atomic E-state index is 13.1. The number of carbonyl (C=O) groups is 2. The van der Waals surface area contributed by atoms with Gasteiger partial charge in [0.05, 0.1) is 11.4 Å². The predicted octanol–water partition coefficient (Wildman–Crippen LogP) is 0.370. The summed E-state index contributed by atoms with van der Waals surface area (Å²) in [6.45, 7) is 4.14. The van der Waals surface area contributed by atoms with E-state index in [9.17, 15) is 18.0 Å². The zero-order valence-corrected chi connectivity index (χ0v) is 15.5. The Labute approximate surface area is 157 Å². The Kier molecular flexibility index (Phi) is 5.52. The van der Waals surface area contributed by atoms with Crippen LogP contribution in [0.4, 0.5) is 0 Å². The Morgan fingerprint density at radius 1 is 1.19 bits per heavy atom. The van der Waals surface area contributed by atoms with E-state index >= 15 is 0 Å². The van der Waals surface area contributed by atoms with Crippen molar-refractivity contribution < 1.29 is 18.0 Å². The highest BCUT2D eigenvalue weighted by molar-refractivity contribution is 7.89. The minimum atomic E-state index is -3.68. The fourth-order valence-electron chi connectivity index (χ4n) is 2.98.